The summed E-state index contributed by atoms with van der Waals surface area (Å²) in [4.78, 5) is 21.1. The van der Waals surface area contributed by atoms with Gasteiger partial charge in [0.05, 0.1) is 5.52 Å². The highest BCUT2D eigenvalue weighted by atomic mass is 16.4. The molecule has 2 aromatic carbocycles. The minimum absolute atomic E-state index is 0.225. The van der Waals surface area contributed by atoms with Crippen LogP contribution in [0.1, 0.15) is 27.3 Å². The summed E-state index contributed by atoms with van der Waals surface area (Å²) in [6.07, 6.45) is 0. The largest absolute Gasteiger partial charge is 0.488 e. The van der Waals surface area contributed by atoms with Gasteiger partial charge in [-0.3, -0.25) is 9.36 Å². The third-order valence-corrected chi connectivity index (χ3v) is 5.16. The number of hydrogen-bond acceptors (Lipinski definition) is 7. The van der Waals surface area contributed by atoms with Crippen LogP contribution in [0.3, 0.4) is 0 Å². The molecule has 9 nitrogen and oxygen atoms in total. The molecule has 0 saturated carbocycles. The van der Waals surface area contributed by atoms with Crippen molar-refractivity contribution in [2.45, 2.75) is 20.0 Å². The van der Waals surface area contributed by atoms with Crippen molar-refractivity contribution in [2.24, 2.45) is 11.5 Å². The van der Waals surface area contributed by atoms with Crippen LogP contribution in [0.2, 0.25) is 0 Å². The van der Waals surface area contributed by atoms with Crippen LogP contribution in [-0.4, -0.2) is 37.6 Å². The second-order valence-electron chi connectivity index (χ2n) is 7.44. The number of carbonyl (C=O) groups is 1. The molecular weight excluding hydrogens is 407 g/mol. The zero-order chi connectivity index (χ0) is 22.8. The van der Waals surface area contributed by atoms with E-state index in [0.717, 1.165) is 22.5 Å². The van der Waals surface area contributed by atoms with Gasteiger partial charge in [-0.2, -0.15) is 4.98 Å². The number of aryl methyl sites for hydroxylation is 1. The second kappa shape index (κ2) is 8.79. The maximum atomic E-state index is 11.9. The van der Waals surface area contributed by atoms with Crippen molar-refractivity contribution >= 4 is 35.2 Å². The van der Waals surface area contributed by atoms with Crippen LogP contribution in [0.15, 0.2) is 54.6 Å². The van der Waals surface area contributed by atoms with E-state index in [9.17, 15) is 14.8 Å². The number of nitrogens with two attached hydrogens (primary N) is 2. The highest BCUT2D eigenvalue weighted by Crippen LogP contribution is 2.26. The van der Waals surface area contributed by atoms with Gasteiger partial charge < -0.3 is 26.8 Å². The molecule has 0 aliphatic carbocycles. The molecular formula is C22H23BN6O3. The topological polar surface area (TPSA) is 152 Å². The number of benzene rings is 2. The molecule has 0 radical (unpaired) electrons. The van der Waals surface area contributed by atoms with Gasteiger partial charge in [-0.15, -0.1) is 0 Å². The molecule has 2 heterocycles. The third kappa shape index (κ3) is 4.19. The molecule has 0 aliphatic heterocycles. The van der Waals surface area contributed by atoms with E-state index in [0.29, 0.717) is 34.7 Å². The van der Waals surface area contributed by atoms with Crippen LogP contribution in [0, 0.1) is 6.92 Å². The first kappa shape index (κ1) is 21.5. The van der Waals surface area contributed by atoms with E-state index >= 15 is 0 Å². The van der Waals surface area contributed by atoms with Crippen molar-refractivity contribution in [3.8, 4) is 5.95 Å². The number of primary amides is 1. The number of amides is 1. The lowest BCUT2D eigenvalue weighted by Gasteiger charge is -2.12. The SMILES string of the molecule is Cc1cc(NCc2cccc(B(O)O)c2)nc(-n2c(CN)cc3c(C(N)=O)cccc32)n1. The average molecular weight is 430 g/mol. The number of anilines is 1. The Labute approximate surface area is 184 Å². The van der Waals surface area contributed by atoms with Gasteiger partial charge in [-0.05, 0) is 36.1 Å². The summed E-state index contributed by atoms with van der Waals surface area (Å²) in [5.74, 6) is 0.501. The monoisotopic (exact) mass is 430 g/mol. The molecule has 7 N–H and O–H groups in total. The molecule has 162 valence electrons. The molecule has 32 heavy (non-hydrogen) atoms. The van der Waals surface area contributed by atoms with Gasteiger partial charge >= 0.3 is 7.12 Å². The Kier molecular flexibility index (Phi) is 5.91. The lowest BCUT2D eigenvalue weighted by molar-refractivity contribution is 0.100. The van der Waals surface area contributed by atoms with E-state index in [1.165, 1.54) is 0 Å². The number of fused-ring (bicyclic) bond motifs is 1. The van der Waals surface area contributed by atoms with Crippen molar-refractivity contribution in [3.05, 3.63) is 77.1 Å². The smallest absolute Gasteiger partial charge is 0.423 e. The van der Waals surface area contributed by atoms with Gasteiger partial charge in [0, 0.05) is 41.5 Å². The van der Waals surface area contributed by atoms with Gasteiger partial charge in [0.2, 0.25) is 11.9 Å². The Balaban J connectivity index is 1.72. The molecule has 0 atom stereocenters. The van der Waals surface area contributed by atoms with E-state index in [1.54, 1.807) is 30.3 Å². The maximum absolute atomic E-state index is 11.9. The van der Waals surface area contributed by atoms with Crippen molar-refractivity contribution in [1.82, 2.24) is 14.5 Å². The number of rotatable bonds is 7. The summed E-state index contributed by atoms with van der Waals surface area (Å²) in [6, 6.07) is 16.0. The van der Waals surface area contributed by atoms with Crippen molar-refractivity contribution < 1.29 is 14.8 Å². The summed E-state index contributed by atoms with van der Waals surface area (Å²) in [6.45, 7) is 2.52. The van der Waals surface area contributed by atoms with E-state index in [-0.39, 0.29) is 6.54 Å². The minimum Gasteiger partial charge on any atom is -0.423 e. The molecule has 0 spiro atoms. The van der Waals surface area contributed by atoms with Crippen LogP contribution < -0.4 is 22.2 Å². The molecule has 4 rings (SSSR count). The summed E-state index contributed by atoms with van der Waals surface area (Å²) in [5.41, 5.74) is 15.4. The summed E-state index contributed by atoms with van der Waals surface area (Å²) >= 11 is 0. The van der Waals surface area contributed by atoms with Gasteiger partial charge in [0.15, 0.2) is 0 Å². The molecule has 10 heteroatoms. The molecule has 0 unspecified atom stereocenters. The molecule has 0 saturated heterocycles. The molecule has 0 fully saturated rings. The van der Waals surface area contributed by atoms with E-state index in [4.69, 9.17) is 11.5 Å². The van der Waals surface area contributed by atoms with E-state index in [2.05, 4.69) is 15.3 Å². The highest BCUT2D eigenvalue weighted by molar-refractivity contribution is 6.58. The Morgan fingerprint density at radius 1 is 1.12 bits per heavy atom. The van der Waals surface area contributed by atoms with Gasteiger partial charge in [0.25, 0.3) is 0 Å². The Bertz CT molecular complexity index is 1300. The fraction of sp³-hybridized carbons (Fsp3) is 0.136. The zero-order valence-electron chi connectivity index (χ0n) is 17.5. The Hall–Kier alpha value is -3.73. The first-order valence-corrected chi connectivity index (χ1v) is 10.1. The fourth-order valence-corrected chi connectivity index (χ4v) is 3.69. The summed E-state index contributed by atoms with van der Waals surface area (Å²) in [5, 5.41) is 22.7. The zero-order valence-corrected chi connectivity index (χ0v) is 17.5. The summed E-state index contributed by atoms with van der Waals surface area (Å²) < 4.78 is 1.82. The third-order valence-electron chi connectivity index (χ3n) is 5.16. The fourth-order valence-electron chi connectivity index (χ4n) is 3.69. The molecule has 0 bridgehead atoms. The Morgan fingerprint density at radius 3 is 2.62 bits per heavy atom. The number of nitrogens with one attached hydrogen (secondary N) is 1. The molecule has 2 aromatic heterocycles. The first-order chi connectivity index (χ1) is 15.4. The number of nitrogens with zero attached hydrogens (tertiary/aromatic N) is 3. The van der Waals surface area contributed by atoms with Gasteiger partial charge in [0.1, 0.15) is 5.82 Å². The summed E-state index contributed by atoms with van der Waals surface area (Å²) in [7, 11) is -1.52. The highest BCUT2D eigenvalue weighted by Gasteiger charge is 2.17. The number of carbonyl (C=O) groups excluding carboxylic acids is 1. The van der Waals surface area contributed by atoms with Crippen LogP contribution in [0.5, 0.6) is 0 Å². The standard InChI is InChI=1S/C22H23BN6O3/c1-13-8-20(26-12-14-4-2-5-15(9-14)23(31)32)28-22(27-13)29-16(11-24)10-18-17(21(25)30)6-3-7-19(18)29/h2-10,31-32H,11-12,24H2,1H3,(H2,25,30)(H,26,27,28). The average Bonchev–Trinajstić information content (AvgIpc) is 3.16. The predicted molar refractivity (Wildman–Crippen MR) is 124 cm³/mol. The minimum atomic E-state index is -1.52. The first-order valence-electron chi connectivity index (χ1n) is 10.1. The van der Waals surface area contributed by atoms with E-state index in [1.807, 2.05) is 35.8 Å². The van der Waals surface area contributed by atoms with Gasteiger partial charge in [-0.25, -0.2) is 4.98 Å². The molecule has 1 amide bonds. The van der Waals surface area contributed by atoms with Crippen LogP contribution >= 0.6 is 0 Å². The maximum Gasteiger partial charge on any atom is 0.488 e. The van der Waals surface area contributed by atoms with Crippen molar-refractivity contribution in [2.75, 3.05) is 5.32 Å². The number of hydrogen-bond donors (Lipinski definition) is 5. The molecule has 4 aromatic rings. The van der Waals surface area contributed by atoms with Crippen LogP contribution in [0.4, 0.5) is 5.82 Å². The quantitative estimate of drug-likeness (QED) is 0.269. The Morgan fingerprint density at radius 2 is 1.91 bits per heavy atom. The normalized spacial score (nSPS) is 11.0. The molecule has 0 aliphatic rings. The predicted octanol–water partition coefficient (Wildman–Crippen LogP) is 0.578. The lowest BCUT2D eigenvalue weighted by Crippen LogP contribution is -2.30. The second-order valence-corrected chi connectivity index (χ2v) is 7.44. The number of aromatic nitrogens is 3. The van der Waals surface area contributed by atoms with E-state index < -0.39 is 13.0 Å². The van der Waals surface area contributed by atoms with Crippen molar-refractivity contribution in [1.29, 1.82) is 0 Å². The van der Waals surface area contributed by atoms with Crippen LogP contribution in [-0.2, 0) is 13.1 Å². The van der Waals surface area contributed by atoms with Crippen LogP contribution in [0.25, 0.3) is 16.9 Å². The van der Waals surface area contributed by atoms with Crippen molar-refractivity contribution in [3.63, 3.8) is 0 Å². The lowest BCUT2D eigenvalue weighted by atomic mass is 9.80. The van der Waals surface area contributed by atoms with Gasteiger partial charge in [-0.1, -0.05) is 30.3 Å².